The Morgan fingerprint density at radius 2 is 0.760 bits per heavy atom. The van der Waals surface area contributed by atoms with Gasteiger partial charge in [0, 0.05) is 82.4 Å². The predicted octanol–water partition coefficient (Wildman–Crippen LogP) is 18.3. The number of likely N-dealkylation sites (tertiary alicyclic amines) is 5. The SMILES string of the molecule is CC1CC(C)CN(CCCOc2ccc(C#N)cc2)C1.CCC(=O)c1ccc(OCCCN2CCC(C)CC2)cc1.CCC(=O)c1ccc(OCCCN2CCCCC2C)cc1.CCC(O)c1ccc(OCCCN2CCC(C)CC2)cc1.CCC(O)c1ccc(OCCCN2CCCC(C)C2)cc1. The van der Waals surface area contributed by atoms with Gasteiger partial charge in [0.1, 0.15) is 28.7 Å². The third-order valence-corrected chi connectivity index (χ3v) is 21.1. The van der Waals surface area contributed by atoms with Gasteiger partial charge in [-0.05, 0) is 287 Å². The number of aliphatic hydroxyl groups excluding tert-OH is 2. The number of carbonyl (C=O) groups excluding carboxylic acids is 2. The topological polar surface area (TPSA) is 161 Å². The maximum atomic E-state index is 11.5. The Kier molecular flexibility index (Phi) is 41.8. The summed E-state index contributed by atoms with van der Waals surface area (Å²) in [6, 6.07) is 40.8. The zero-order valence-electron chi connectivity index (χ0n) is 66.0. The number of ketones is 2. The molecule has 0 aromatic heterocycles. The van der Waals surface area contributed by atoms with Crippen molar-refractivity contribution >= 4 is 11.6 Å². The van der Waals surface area contributed by atoms with Crippen LogP contribution >= 0.6 is 0 Å². The fourth-order valence-electron chi connectivity index (χ4n) is 14.4. The van der Waals surface area contributed by atoms with E-state index in [9.17, 15) is 19.8 Å². The molecule has 0 saturated carbocycles. The summed E-state index contributed by atoms with van der Waals surface area (Å²) in [6.45, 7) is 42.3. The lowest BCUT2D eigenvalue weighted by Crippen LogP contribution is -2.39. The third kappa shape index (κ3) is 34.5. The fourth-order valence-corrected chi connectivity index (χ4v) is 14.4. The first-order chi connectivity index (χ1) is 50.4. The molecule has 15 nitrogen and oxygen atoms in total. The van der Waals surface area contributed by atoms with E-state index in [1.165, 1.54) is 123 Å². The number of Topliss-reactive ketones (excluding diaryl/α,β-unsaturated/α-hetero) is 2. The first kappa shape index (κ1) is 86.6. The highest BCUT2D eigenvalue weighted by Gasteiger charge is 2.23. The summed E-state index contributed by atoms with van der Waals surface area (Å²) in [4.78, 5) is 35.8. The summed E-state index contributed by atoms with van der Waals surface area (Å²) in [5.41, 5.74) is 4.15. The predicted molar refractivity (Wildman–Crippen MR) is 426 cm³/mol. The molecule has 6 unspecified atom stereocenters. The van der Waals surface area contributed by atoms with Gasteiger partial charge in [0.15, 0.2) is 11.6 Å². The van der Waals surface area contributed by atoms with Crippen molar-refractivity contribution in [1.29, 1.82) is 5.26 Å². The van der Waals surface area contributed by atoms with E-state index < -0.39 is 0 Å². The number of nitrogens with zero attached hydrogens (tertiary/aromatic N) is 6. The van der Waals surface area contributed by atoms with Crippen molar-refractivity contribution in [2.75, 3.05) is 125 Å². The molecule has 0 amide bonds. The monoisotopic (exact) mass is 1430 g/mol. The summed E-state index contributed by atoms with van der Waals surface area (Å²) in [6.07, 6.45) is 20.6. The van der Waals surface area contributed by atoms with E-state index in [1.807, 2.05) is 137 Å². The molecule has 0 aliphatic carbocycles. The van der Waals surface area contributed by atoms with Crippen LogP contribution in [0.5, 0.6) is 28.7 Å². The first-order valence-electron chi connectivity index (χ1n) is 40.5. The molecule has 5 aromatic rings. The van der Waals surface area contributed by atoms with Crippen molar-refractivity contribution in [3.8, 4) is 34.8 Å². The number of aliphatic hydroxyl groups is 2. The zero-order chi connectivity index (χ0) is 74.7. The Morgan fingerprint density at radius 1 is 0.404 bits per heavy atom. The molecule has 0 spiro atoms. The highest BCUT2D eigenvalue weighted by atomic mass is 16.5. The lowest BCUT2D eigenvalue weighted by Gasteiger charge is -2.34. The largest absolute Gasteiger partial charge is 0.494 e. The second-order valence-corrected chi connectivity index (χ2v) is 30.4. The van der Waals surface area contributed by atoms with E-state index in [0.717, 1.165) is 197 Å². The van der Waals surface area contributed by atoms with Gasteiger partial charge in [0.05, 0.1) is 56.9 Å². The maximum Gasteiger partial charge on any atom is 0.162 e. The van der Waals surface area contributed by atoms with Crippen LogP contribution in [0.15, 0.2) is 121 Å². The quantitative estimate of drug-likeness (QED) is 0.0301. The molecule has 5 aromatic carbocycles. The number of rotatable bonds is 33. The Hall–Kier alpha value is -6.35. The van der Waals surface area contributed by atoms with Gasteiger partial charge in [0.25, 0.3) is 0 Å². The second kappa shape index (κ2) is 50.3. The van der Waals surface area contributed by atoms with Gasteiger partial charge < -0.3 is 58.4 Å². The average Bonchev–Trinajstić information content (AvgIpc) is 0.915. The Labute approximate surface area is 629 Å². The number of ether oxygens (including phenoxy) is 5. The van der Waals surface area contributed by atoms with Crippen LogP contribution in [0.25, 0.3) is 0 Å². The fraction of sp³-hybridized carbons (Fsp3) is 0.629. The van der Waals surface area contributed by atoms with Gasteiger partial charge in [-0.1, -0.05) is 93.0 Å². The van der Waals surface area contributed by atoms with E-state index in [4.69, 9.17) is 28.9 Å². The van der Waals surface area contributed by atoms with Crippen molar-refractivity contribution in [3.63, 3.8) is 0 Å². The Balaban J connectivity index is 0.000000204. The molecule has 0 bridgehead atoms. The van der Waals surface area contributed by atoms with Crippen molar-refractivity contribution in [2.24, 2.45) is 29.6 Å². The third-order valence-electron chi connectivity index (χ3n) is 21.1. The number of benzene rings is 5. The standard InChI is InChI=1S/C18H29NO2.C18H27NO2.C18H29NO2.C18H27NO2.C17H24N2O/c2*1-3-18(20)16-5-7-17(8-6-16)21-14-4-11-19-12-9-15(2)10-13-19;1-3-18(20)16-7-9-17(10-8-16)21-13-5-12-19-11-4-6-15(2)14-19;1-3-18(20)16-8-10-17(11-9-16)21-14-6-13-19-12-5-4-7-15(19)2;1-14-10-15(2)13-19(12-14)8-3-9-20-17-6-4-16(11-18)5-7-17/h5-8,15,18,20H,3-4,9-14H2,1-2H3;5-8,15H,3-4,9-14H2,1-2H3;7-10,15,18,20H,3-6,11-14H2,1-2H3;8-11,15H,3-7,12-14H2,1-2H3;4-7,14-15H,3,8-10,12-13H2,1-2H3. The molecule has 576 valence electrons. The highest BCUT2D eigenvalue weighted by molar-refractivity contribution is 5.96. The molecular formula is C89H136N6O9. The summed E-state index contributed by atoms with van der Waals surface area (Å²) in [7, 11) is 0. The van der Waals surface area contributed by atoms with Crippen LogP contribution in [0.1, 0.15) is 241 Å². The minimum Gasteiger partial charge on any atom is -0.494 e. The van der Waals surface area contributed by atoms with E-state index in [2.05, 4.69) is 72.1 Å². The summed E-state index contributed by atoms with van der Waals surface area (Å²) in [5, 5.41) is 28.2. The van der Waals surface area contributed by atoms with Crippen molar-refractivity contribution in [3.05, 3.63) is 149 Å². The van der Waals surface area contributed by atoms with Crippen LogP contribution in [-0.4, -0.2) is 177 Å². The van der Waals surface area contributed by atoms with Crippen LogP contribution < -0.4 is 23.7 Å². The highest BCUT2D eigenvalue weighted by Crippen LogP contribution is 2.26. The number of nitriles is 1. The Bertz CT molecular complexity index is 3080. The van der Waals surface area contributed by atoms with E-state index in [0.29, 0.717) is 18.4 Å². The first-order valence-corrected chi connectivity index (χ1v) is 40.5. The minimum absolute atomic E-state index is 0.181. The minimum atomic E-state index is -0.361. The summed E-state index contributed by atoms with van der Waals surface area (Å²) in [5.74, 6) is 8.99. The van der Waals surface area contributed by atoms with Crippen molar-refractivity contribution < 1.29 is 43.5 Å². The zero-order valence-corrected chi connectivity index (χ0v) is 66.0. The van der Waals surface area contributed by atoms with Crippen LogP contribution in [0.2, 0.25) is 0 Å². The number of hydrogen-bond donors (Lipinski definition) is 2. The molecule has 0 radical (unpaired) electrons. The smallest absolute Gasteiger partial charge is 0.162 e. The summed E-state index contributed by atoms with van der Waals surface area (Å²) < 4.78 is 28.8. The molecule has 2 N–H and O–H groups in total. The van der Waals surface area contributed by atoms with Gasteiger partial charge in [-0.15, -0.1) is 0 Å². The summed E-state index contributed by atoms with van der Waals surface area (Å²) >= 11 is 0. The molecule has 10 rings (SSSR count). The number of piperidine rings is 5. The van der Waals surface area contributed by atoms with Gasteiger partial charge in [0.2, 0.25) is 0 Å². The molecule has 5 aliphatic heterocycles. The number of carbonyl (C=O) groups is 2. The van der Waals surface area contributed by atoms with Crippen LogP contribution in [-0.2, 0) is 0 Å². The van der Waals surface area contributed by atoms with Crippen molar-refractivity contribution in [1.82, 2.24) is 24.5 Å². The molecule has 5 saturated heterocycles. The molecule has 5 heterocycles. The lowest BCUT2D eigenvalue weighted by molar-refractivity contribution is 0.0980. The Morgan fingerprint density at radius 3 is 1.12 bits per heavy atom. The lowest BCUT2D eigenvalue weighted by atomic mass is 9.92. The number of hydrogen-bond acceptors (Lipinski definition) is 15. The van der Waals surface area contributed by atoms with Gasteiger partial charge in [-0.3, -0.25) is 9.59 Å². The average molecular weight is 1430 g/mol. The van der Waals surface area contributed by atoms with E-state index in [-0.39, 0.29) is 23.8 Å². The second-order valence-electron chi connectivity index (χ2n) is 30.4. The molecule has 5 fully saturated rings. The van der Waals surface area contributed by atoms with Crippen LogP contribution in [0.4, 0.5) is 0 Å². The van der Waals surface area contributed by atoms with E-state index >= 15 is 0 Å². The van der Waals surface area contributed by atoms with Crippen LogP contribution in [0, 0.1) is 40.9 Å². The van der Waals surface area contributed by atoms with E-state index in [1.54, 1.807) is 12.1 Å². The van der Waals surface area contributed by atoms with Gasteiger partial charge >= 0.3 is 0 Å². The normalized spacial score (nSPS) is 19.8. The van der Waals surface area contributed by atoms with Crippen LogP contribution in [0.3, 0.4) is 0 Å². The molecular weight excluding hydrogens is 1300 g/mol. The molecule has 5 aliphatic rings. The van der Waals surface area contributed by atoms with Gasteiger partial charge in [-0.25, -0.2) is 0 Å². The molecule has 104 heavy (non-hydrogen) atoms. The van der Waals surface area contributed by atoms with Crippen molar-refractivity contribution in [2.45, 2.75) is 209 Å². The van der Waals surface area contributed by atoms with Gasteiger partial charge in [-0.2, -0.15) is 5.26 Å². The maximum absolute atomic E-state index is 11.5. The molecule has 15 heteroatoms. The molecule has 6 atom stereocenters.